The van der Waals surface area contributed by atoms with E-state index in [-0.39, 0.29) is 5.95 Å². The molecule has 1 unspecified atom stereocenters. The van der Waals surface area contributed by atoms with E-state index in [4.69, 9.17) is 11.0 Å². The summed E-state index contributed by atoms with van der Waals surface area (Å²) in [5.41, 5.74) is 6.28. The molecule has 6 heteroatoms. The van der Waals surface area contributed by atoms with Crippen molar-refractivity contribution in [2.75, 3.05) is 5.73 Å². The van der Waals surface area contributed by atoms with E-state index in [1.165, 1.54) is 18.3 Å². The molecule has 16 heavy (non-hydrogen) atoms. The highest BCUT2D eigenvalue weighted by molar-refractivity contribution is 5.73. The van der Waals surface area contributed by atoms with Crippen LogP contribution in [0.4, 0.5) is 10.3 Å². The van der Waals surface area contributed by atoms with Gasteiger partial charge in [0, 0.05) is 5.57 Å². The Hall–Kier alpha value is -2.29. The molecule has 1 aromatic rings. The Morgan fingerprint density at radius 1 is 1.44 bits per heavy atom. The van der Waals surface area contributed by atoms with Crippen molar-refractivity contribution in [1.29, 1.82) is 5.26 Å². The number of alkyl halides is 1. The van der Waals surface area contributed by atoms with Crippen LogP contribution in [0.25, 0.3) is 5.57 Å². The minimum absolute atomic E-state index is 0.0656. The van der Waals surface area contributed by atoms with E-state index in [0.717, 1.165) is 0 Å². The Kier molecular flexibility index (Phi) is 2.60. The molecular weight excluding hydrogens is 209 g/mol. The van der Waals surface area contributed by atoms with E-state index in [9.17, 15) is 4.39 Å². The third-order valence-corrected chi connectivity index (χ3v) is 2.19. The van der Waals surface area contributed by atoms with Gasteiger partial charge in [0.05, 0.1) is 18.2 Å². The first kappa shape index (κ1) is 10.2. The van der Waals surface area contributed by atoms with Gasteiger partial charge in [-0.05, 0) is 6.08 Å². The second-order valence-electron chi connectivity index (χ2n) is 3.28. The fourth-order valence-electron chi connectivity index (χ4n) is 1.35. The number of nitrogens with zero attached hydrogens (tertiary/aromatic N) is 4. The van der Waals surface area contributed by atoms with Crippen LogP contribution in [-0.2, 0) is 0 Å². The first-order valence-corrected chi connectivity index (χ1v) is 4.60. The quantitative estimate of drug-likeness (QED) is 0.754. The van der Waals surface area contributed by atoms with Gasteiger partial charge < -0.3 is 5.73 Å². The molecule has 0 aromatic carbocycles. The molecule has 2 N–H and O–H groups in total. The van der Waals surface area contributed by atoms with Gasteiger partial charge in [0.2, 0.25) is 5.95 Å². The molecule has 5 nitrogen and oxygen atoms in total. The first-order valence-electron chi connectivity index (χ1n) is 4.60. The van der Waals surface area contributed by atoms with E-state index < -0.39 is 12.1 Å². The van der Waals surface area contributed by atoms with E-state index in [1.807, 2.05) is 6.07 Å². The summed E-state index contributed by atoms with van der Waals surface area (Å²) in [6, 6.07) is 1.86. The standard InChI is InChI=1S/C10H8FN5/c11-8-3-6(1-2-7(8)4-12)9-5-14-10(13)16-15-9/h1-3,5,7-8H,(H2,13,14,16)/t7-,8?/m1/s1. The van der Waals surface area contributed by atoms with Crippen LogP contribution in [0.15, 0.2) is 24.4 Å². The molecule has 1 aliphatic carbocycles. The van der Waals surface area contributed by atoms with Crippen molar-refractivity contribution in [3.8, 4) is 6.07 Å². The van der Waals surface area contributed by atoms with Gasteiger partial charge in [0.1, 0.15) is 11.9 Å². The minimum Gasteiger partial charge on any atom is -0.366 e. The lowest BCUT2D eigenvalue weighted by molar-refractivity contribution is 0.359. The summed E-state index contributed by atoms with van der Waals surface area (Å²) < 4.78 is 13.4. The molecule has 0 aliphatic heterocycles. The number of hydrogen-bond donors (Lipinski definition) is 1. The van der Waals surface area contributed by atoms with Gasteiger partial charge in [-0.1, -0.05) is 12.2 Å². The van der Waals surface area contributed by atoms with Crippen molar-refractivity contribution in [1.82, 2.24) is 15.2 Å². The van der Waals surface area contributed by atoms with Crippen molar-refractivity contribution in [3.63, 3.8) is 0 Å². The molecule has 1 aromatic heterocycles. The lowest BCUT2D eigenvalue weighted by Crippen LogP contribution is -2.13. The van der Waals surface area contributed by atoms with Crippen LogP contribution < -0.4 is 5.73 Å². The second-order valence-corrected chi connectivity index (χ2v) is 3.28. The van der Waals surface area contributed by atoms with Crippen LogP contribution in [0.5, 0.6) is 0 Å². The monoisotopic (exact) mass is 217 g/mol. The molecule has 0 saturated carbocycles. The molecule has 0 radical (unpaired) electrons. The van der Waals surface area contributed by atoms with Gasteiger partial charge in [0.15, 0.2) is 0 Å². The molecule has 2 rings (SSSR count). The number of nitrogens with two attached hydrogens (primary N) is 1. The number of anilines is 1. The molecule has 0 fully saturated rings. The molecular formula is C10H8FN5. The second kappa shape index (κ2) is 4.06. The zero-order valence-corrected chi connectivity index (χ0v) is 8.21. The maximum absolute atomic E-state index is 13.4. The zero-order chi connectivity index (χ0) is 11.5. The average molecular weight is 217 g/mol. The Morgan fingerprint density at radius 3 is 2.81 bits per heavy atom. The van der Waals surface area contributed by atoms with E-state index >= 15 is 0 Å². The van der Waals surface area contributed by atoms with Crippen molar-refractivity contribution in [2.45, 2.75) is 6.17 Å². The molecule has 1 aliphatic rings. The highest BCUT2D eigenvalue weighted by Crippen LogP contribution is 2.24. The van der Waals surface area contributed by atoms with Gasteiger partial charge in [-0.25, -0.2) is 9.37 Å². The van der Waals surface area contributed by atoms with Crippen LogP contribution in [0.2, 0.25) is 0 Å². The highest BCUT2D eigenvalue weighted by Gasteiger charge is 2.20. The number of halogens is 1. The SMILES string of the molecule is N#C[C@H]1C=CC(c2cnc(N)nn2)=CC1F. The largest absolute Gasteiger partial charge is 0.366 e. The summed E-state index contributed by atoms with van der Waals surface area (Å²) in [4.78, 5) is 3.76. The molecule has 0 amide bonds. The lowest BCUT2D eigenvalue weighted by atomic mass is 9.95. The lowest BCUT2D eigenvalue weighted by Gasteiger charge is -2.13. The topological polar surface area (TPSA) is 88.5 Å². The number of allylic oxidation sites excluding steroid dienone is 4. The van der Waals surface area contributed by atoms with Crippen molar-refractivity contribution < 1.29 is 4.39 Å². The summed E-state index contributed by atoms with van der Waals surface area (Å²) in [6.45, 7) is 0. The Morgan fingerprint density at radius 2 is 2.25 bits per heavy atom. The van der Waals surface area contributed by atoms with E-state index in [2.05, 4.69) is 15.2 Å². The zero-order valence-electron chi connectivity index (χ0n) is 8.21. The molecule has 80 valence electrons. The Bertz CT molecular complexity index is 485. The van der Waals surface area contributed by atoms with Crippen LogP contribution in [-0.4, -0.2) is 21.4 Å². The van der Waals surface area contributed by atoms with Crippen molar-refractivity contribution >= 4 is 11.5 Å². The van der Waals surface area contributed by atoms with Crippen LogP contribution in [0.1, 0.15) is 5.69 Å². The summed E-state index contributed by atoms with van der Waals surface area (Å²) >= 11 is 0. The van der Waals surface area contributed by atoms with Crippen LogP contribution in [0, 0.1) is 17.2 Å². The summed E-state index contributed by atoms with van der Waals surface area (Å²) in [5, 5.41) is 16.0. The third-order valence-electron chi connectivity index (χ3n) is 2.19. The van der Waals surface area contributed by atoms with E-state index in [0.29, 0.717) is 11.3 Å². The number of hydrogen-bond acceptors (Lipinski definition) is 5. The third kappa shape index (κ3) is 1.88. The van der Waals surface area contributed by atoms with Gasteiger partial charge in [0.25, 0.3) is 0 Å². The number of aromatic nitrogens is 3. The highest BCUT2D eigenvalue weighted by atomic mass is 19.1. The smallest absolute Gasteiger partial charge is 0.240 e. The Balaban J connectivity index is 2.28. The van der Waals surface area contributed by atoms with Gasteiger partial charge in [-0.3, -0.25) is 0 Å². The number of rotatable bonds is 1. The molecule has 0 bridgehead atoms. The van der Waals surface area contributed by atoms with Gasteiger partial charge in [-0.15, -0.1) is 10.2 Å². The first-order chi connectivity index (χ1) is 7.70. The van der Waals surface area contributed by atoms with Gasteiger partial charge >= 0.3 is 0 Å². The maximum Gasteiger partial charge on any atom is 0.240 e. The van der Waals surface area contributed by atoms with Crippen molar-refractivity contribution in [2.24, 2.45) is 5.92 Å². The molecule has 0 saturated heterocycles. The van der Waals surface area contributed by atoms with E-state index in [1.54, 1.807) is 6.08 Å². The fraction of sp³-hybridized carbons (Fsp3) is 0.200. The average Bonchev–Trinajstić information content (AvgIpc) is 2.30. The normalized spacial score (nSPS) is 23.6. The van der Waals surface area contributed by atoms with Crippen LogP contribution >= 0.6 is 0 Å². The molecule has 1 heterocycles. The fourth-order valence-corrected chi connectivity index (χ4v) is 1.35. The molecule has 2 atom stereocenters. The number of nitriles is 1. The predicted molar refractivity (Wildman–Crippen MR) is 55.4 cm³/mol. The minimum atomic E-state index is -1.33. The molecule has 0 spiro atoms. The predicted octanol–water partition coefficient (Wildman–Crippen LogP) is 0.885. The van der Waals surface area contributed by atoms with Crippen LogP contribution in [0.3, 0.4) is 0 Å². The summed E-state index contributed by atoms with van der Waals surface area (Å²) in [6.07, 6.45) is 4.54. The Labute approximate surface area is 91.1 Å². The summed E-state index contributed by atoms with van der Waals surface area (Å²) in [7, 11) is 0. The summed E-state index contributed by atoms with van der Waals surface area (Å²) in [5.74, 6) is -0.672. The number of nitrogen functional groups attached to an aromatic ring is 1. The van der Waals surface area contributed by atoms with Crippen molar-refractivity contribution in [3.05, 3.63) is 30.1 Å². The maximum atomic E-state index is 13.4. The van der Waals surface area contributed by atoms with Gasteiger partial charge in [-0.2, -0.15) is 5.26 Å².